The molecule has 5 heteroatoms. The lowest BCUT2D eigenvalue weighted by atomic mass is 10.0. The molecule has 0 amide bonds. The maximum atomic E-state index is 4.97. The normalized spacial score (nSPS) is 11.6. The quantitative estimate of drug-likeness (QED) is 0.171. The molecule has 0 saturated heterocycles. The van der Waals surface area contributed by atoms with E-state index in [9.17, 15) is 0 Å². The third-order valence-corrected chi connectivity index (χ3v) is 11.0. The summed E-state index contributed by atoms with van der Waals surface area (Å²) in [5.41, 5.74) is 13.4. The number of fused-ring (bicyclic) bond motifs is 6. The van der Waals surface area contributed by atoms with Gasteiger partial charge in [0, 0.05) is 49.6 Å². The molecule has 11 aromatic rings. The van der Waals surface area contributed by atoms with Crippen molar-refractivity contribution in [3.05, 3.63) is 200 Å². The Labute approximate surface area is 329 Å². The molecule has 0 bridgehead atoms. The van der Waals surface area contributed by atoms with Crippen molar-refractivity contribution in [2.24, 2.45) is 0 Å². The van der Waals surface area contributed by atoms with Crippen molar-refractivity contribution in [3.63, 3.8) is 0 Å². The van der Waals surface area contributed by atoms with Crippen LogP contribution in [0, 0.1) is 6.92 Å². The predicted molar refractivity (Wildman–Crippen MR) is 235 cm³/mol. The fraction of sp³-hybridized carbons (Fsp3) is 0.0192. The molecule has 0 aliphatic carbocycles. The summed E-state index contributed by atoms with van der Waals surface area (Å²) in [6.07, 6.45) is 0. The first-order chi connectivity index (χ1) is 28.2. The first-order valence-corrected chi connectivity index (χ1v) is 19.3. The largest absolute Gasteiger partial charge is 0.309 e. The lowest BCUT2D eigenvalue weighted by molar-refractivity contribution is 1.07. The van der Waals surface area contributed by atoms with Crippen LogP contribution in [0.5, 0.6) is 0 Å². The van der Waals surface area contributed by atoms with Gasteiger partial charge < -0.3 is 9.13 Å². The van der Waals surface area contributed by atoms with Crippen molar-refractivity contribution in [1.29, 1.82) is 0 Å². The molecule has 0 aliphatic heterocycles. The van der Waals surface area contributed by atoms with E-state index in [1.54, 1.807) is 0 Å². The van der Waals surface area contributed by atoms with Gasteiger partial charge in [-0.1, -0.05) is 127 Å². The van der Waals surface area contributed by atoms with Crippen LogP contribution in [0.3, 0.4) is 0 Å². The number of hydrogen-bond donors (Lipinski definition) is 0. The molecule has 11 rings (SSSR count). The molecule has 0 unspecified atom stereocenters. The summed E-state index contributed by atoms with van der Waals surface area (Å²) in [4.78, 5) is 14.8. The van der Waals surface area contributed by atoms with Gasteiger partial charge in [0.2, 0.25) is 0 Å². The zero-order valence-corrected chi connectivity index (χ0v) is 31.2. The highest BCUT2D eigenvalue weighted by atomic mass is 15.0. The van der Waals surface area contributed by atoms with E-state index in [1.807, 2.05) is 60.7 Å². The highest BCUT2D eigenvalue weighted by Gasteiger charge is 2.17. The van der Waals surface area contributed by atoms with Crippen LogP contribution >= 0.6 is 0 Å². The molecule has 0 saturated carbocycles. The van der Waals surface area contributed by atoms with E-state index in [1.165, 1.54) is 49.3 Å². The van der Waals surface area contributed by atoms with Gasteiger partial charge in [0.25, 0.3) is 0 Å². The summed E-state index contributed by atoms with van der Waals surface area (Å²) >= 11 is 0. The van der Waals surface area contributed by atoms with Gasteiger partial charge in [0.15, 0.2) is 17.5 Å². The van der Waals surface area contributed by atoms with Crippen LogP contribution in [0.15, 0.2) is 194 Å². The van der Waals surface area contributed by atoms with Crippen LogP contribution in [-0.4, -0.2) is 24.1 Å². The number of aryl methyl sites for hydroxylation is 1. The van der Waals surface area contributed by atoms with Gasteiger partial charge in [0.1, 0.15) is 0 Å². The Hall–Kier alpha value is -7.63. The van der Waals surface area contributed by atoms with E-state index in [0.29, 0.717) is 17.5 Å². The Morgan fingerprint density at radius 3 is 1.40 bits per heavy atom. The second kappa shape index (κ2) is 13.3. The lowest BCUT2D eigenvalue weighted by Crippen LogP contribution is -2.00. The number of nitrogens with zero attached hydrogens (tertiary/aromatic N) is 5. The van der Waals surface area contributed by atoms with E-state index in [0.717, 1.165) is 39.1 Å². The molecule has 5 nitrogen and oxygen atoms in total. The van der Waals surface area contributed by atoms with Gasteiger partial charge in [-0.25, -0.2) is 15.0 Å². The highest BCUT2D eigenvalue weighted by molar-refractivity contribution is 6.12. The minimum atomic E-state index is 0.637. The van der Waals surface area contributed by atoms with E-state index < -0.39 is 0 Å². The maximum absolute atomic E-state index is 4.97. The Kier molecular flexibility index (Phi) is 7.64. The number of hydrogen-bond acceptors (Lipinski definition) is 3. The first kappa shape index (κ1) is 32.8. The molecule has 0 radical (unpaired) electrons. The molecule has 0 aliphatic rings. The van der Waals surface area contributed by atoms with Gasteiger partial charge in [-0.3, -0.25) is 0 Å². The lowest BCUT2D eigenvalue weighted by Gasteiger charge is -2.11. The van der Waals surface area contributed by atoms with Crippen molar-refractivity contribution in [2.75, 3.05) is 0 Å². The summed E-state index contributed by atoms with van der Waals surface area (Å²) in [6, 6.07) is 68.7. The van der Waals surface area contributed by atoms with Gasteiger partial charge >= 0.3 is 0 Å². The van der Waals surface area contributed by atoms with Crippen LogP contribution < -0.4 is 0 Å². The monoisotopic (exact) mass is 729 g/mol. The van der Waals surface area contributed by atoms with Crippen molar-refractivity contribution in [2.45, 2.75) is 6.92 Å². The average Bonchev–Trinajstić information content (AvgIpc) is 3.79. The third-order valence-electron chi connectivity index (χ3n) is 11.0. The summed E-state index contributed by atoms with van der Waals surface area (Å²) in [5, 5.41) is 4.94. The van der Waals surface area contributed by atoms with Crippen molar-refractivity contribution in [3.8, 4) is 56.7 Å². The standard InChI is InChI=1S/C52H35N5/c1-34-21-29-47-44(31-34)45-32-38(25-30-48(45)56(47)40-17-9-4-10-18-40)39-24-28-43-42-19-11-12-20-46(42)57(49(43)33-39)41-26-22-37(23-27-41)52-54-50(35-13-5-2-6-14-35)53-51(55-52)36-15-7-3-8-16-36/h2-33H,1H3. The Morgan fingerprint density at radius 2 is 0.737 bits per heavy atom. The van der Waals surface area contributed by atoms with Crippen molar-refractivity contribution < 1.29 is 0 Å². The van der Waals surface area contributed by atoms with Crippen molar-refractivity contribution in [1.82, 2.24) is 24.1 Å². The summed E-state index contributed by atoms with van der Waals surface area (Å²) in [7, 11) is 0. The first-order valence-electron chi connectivity index (χ1n) is 19.3. The minimum absolute atomic E-state index is 0.637. The zero-order valence-electron chi connectivity index (χ0n) is 31.2. The Morgan fingerprint density at radius 1 is 0.298 bits per heavy atom. The fourth-order valence-electron chi connectivity index (χ4n) is 8.30. The molecular formula is C52H35N5. The second-order valence-electron chi connectivity index (χ2n) is 14.6. The molecule has 3 heterocycles. The van der Waals surface area contributed by atoms with Crippen LogP contribution in [0.25, 0.3) is 100 Å². The summed E-state index contributed by atoms with van der Waals surface area (Å²) < 4.78 is 4.75. The molecule has 8 aromatic carbocycles. The SMILES string of the molecule is Cc1ccc2c(c1)c1cc(-c3ccc4c5ccccc5n(-c5ccc(-c6nc(-c7ccccc7)nc(-c7ccccc7)n6)cc5)c4c3)ccc1n2-c1ccccc1. The second-order valence-corrected chi connectivity index (χ2v) is 14.6. The fourth-order valence-corrected chi connectivity index (χ4v) is 8.30. The van der Waals surface area contributed by atoms with Crippen LogP contribution in [0.2, 0.25) is 0 Å². The zero-order chi connectivity index (χ0) is 37.9. The van der Waals surface area contributed by atoms with E-state index in [2.05, 4.69) is 150 Å². The number of benzene rings is 8. The minimum Gasteiger partial charge on any atom is -0.309 e. The van der Waals surface area contributed by atoms with Crippen LogP contribution in [0.4, 0.5) is 0 Å². The van der Waals surface area contributed by atoms with Gasteiger partial charge in [-0.15, -0.1) is 0 Å². The number of aromatic nitrogens is 5. The van der Waals surface area contributed by atoms with E-state index >= 15 is 0 Å². The van der Waals surface area contributed by atoms with Crippen molar-refractivity contribution >= 4 is 43.6 Å². The smallest absolute Gasteiger partial charge is 0.164 e. The summed E-state index contributed by atoms with van der Waals surface area (Å²) in [6.45, 7) is 2.17. The van der Waals surface area contributed by atoms with E-state index in [4.69, 9.17) is 15.0 Å². The highest BCUT2D eigenvalue weighted by Crippen LogP contribution is 2.39. The molecule has 57 heavy (non-hydrogen) atoms. The molecule has 0 atom stereocenters. The Balaban J connectivity index is 1.04. The molecule has 3 aromatic heterocycles. The maximum Gasteiger partial charge on any atom is 0.164 e. The van der Waals surface area contributed by atoms with Gasteiger partial charge in [-0.2, -0.15) is 0 Å². The van der Waals surface area contributed by atoms with E-state index in [-0.39, 0.29) is 0 Å². The molecule has 0 fully saturated rings. The van der Waals surface area contributed by atoms with Crippen LogP contribution in [-0.2, 0) is 0 Å². The molecular weight excluding hydrogens is 695 g/mol. The summed E-state index contributed by atoms with van der Waals surface area (Å²) in [5.74, 6) is 1.94. The topological polar surface area (TPSA) is 48.5 Å². The van der Waals surface area contributed by atoms with Gasteiger partial charge in [0.05, 0.1) is 22.1 Å². The molecule has 0 N–H and O–H groups in total. The predicted octanol–water partition coefficient (Wildman–Crippen LogP) is 13.0. The average molecular weight is 730 g/mol. The number of rotatable bonds is 6. The van der Waals surface area contributed by atoms with Crippen LogP contribution in [0.1, 0.15) is 5.56 Å². The molecule has 0 spiro atoms. The third kappa shape index (κ3) is 5.59. The molecule has 268 valence electrons. The van der Waals surface area contributed by atoms with Gasteiger partial charge in [-0.05, 0) is 90.8 Å². The Bertz CT molecular complexity index is 3210. The number of para-hydroxylation sites is 2.